The Morgan fingerprint density at radius 1 is 1.29 bits per heavy atom. The molecular formula is C11H7Cl2NO2S. The topological polar surface area (TPSA) is 50.2 Å². The van der Waals surface area contributed by atoms with Crippen LogP contribution >= 0.6 is 34.5 Å². The summed E-state index contributed by atoms with van der Waals surface area (Å²) in [5, 5.41) is 12.1. The molecule has 0 aliphatic carbocycles. The highest BCUT2D eigenvalue weighted by Crippen LogP contribution is 2.22. The lowest BCUT2D eigenvalue weighted by Crippen LogP contribution is -1.97. The maximum atomic E-state index is 10.7. The van der Waals surface area contributed by atoms with Crippen molar-refractivity contribution >= 4 is 40.5 Å². The highest BCUT2D eigenvalue weighted by atomic mass is 35.5. The molecule has 0 amide bonds. The van der Waals surface area contributed by atoms with Crippen molar-refractivity contribution in [2.75, 3.05) is 0 Å². The lowest BCUT2D eigenvalue weighted by molar-refractivity contribution is 0.0691. The van der Waals surface area contributed by atoms with E-state index in [4.69, 9.17) is 28.3 Å². The van der Waals surface area contributed by atoms with Gasteiger partial charge in [-0.2, -0.15) is 0 Å². The number of thiazole rings is 1. The first kappa shape index (κ1) is 12.4. The van der Waals surface area contributed by atoms with Crippen molar-refractivity contribution < 1.29 is 9.90 Å². The van der Waals surface area contributed by atoms with Crippen molar-refractivity contribution in [1.82, 2.24) is 4.98 Å². The maximum Gasteiger partial charge on any atom is 0.355 e. The van der Waals surface area contributed by atoms with Crippen LogP contribution in [-0.2, 0) is 6.42 Å². The van der Waals surface area contributed by atoms with Crippen LogP contribution in [0.5, 0.6) is 0 Å². The third kappa shape index (κ3) is 3.19. The molecule has 1 N–H and O–H groups in total. The summed E-state index contributed by atoms with van der Waals surface area (Å²) in [6, 6.07) is 5.22. The number of nitrogens with zero attached hydrogens (tertiary/aromatic N) is 1. The van der Waals surface area contributed by atoms with Gasteiger partial charge in [-0.15, -0.1) is 11.3 Å². The molecule has 2 aromatic rings. The fraction of sp³-hybridized carbons (Fsp3) is 0.0909. The summed E-state index contributed by atoms with van der Waals surface area (Å²) >= 11 is 13.1. The molecule has 0 fully saturated rings. The monoisotopic (exact) mass is 287 g/mol. The number of halogens is 2. The van der Waals surface area contributed by atoms with Gasteiger partial charge in [-0.25, -0.2) is 9.78 Å². The van der Waals surface area contributed by atoms with Gasteiger partial charge in [0, 0.05) is 21.8 Å². The van der Waals surface area contributed by atoms with Crippen molar-refractivity contribution in [3.63, 3.8) is 0 Å². The average Bonchev–Trinajstić information content (AvgIpc) is 2.64. The summed E-state index contributed by atoms with van der Waals surface area (Å²) in [7, 11) is 0. The Kier molecular flexibility index (Phi) is 3.66. The molecule has 0 radical (unpaired) electrons. The first-order chi connectivity index (χ1) is 8.04. The number of carboxylic acids is 1. The molecule has 0 saturated heterocycles. The summed E-state index contributed by atoms with van der Waals surface area (Å²) in [4.78, 5) is 14.7. The molecule has 6 heteroatoms. The van der Waals surface area contributed by atoms with Gasteiger partial charge < -0.3 is 5.11 Å². The Labute approximate surface area is 112 Å². The second-order valence-electron chi connectivity index (χ2n) is 3.39. The fourth-order valence-corrected chi connectivity index (χ4v) is 2.75. The van der Waals surface area contributed by atoms with E-state index in [9.17, 15) is 4.79 Å². The van der Waals surface area contributed by atoms with Crippen LogP contribution < -0.4 is 0 Å². The summed E-state index contributed by atoms with van der Waals surface area (Å²) < 4.78 is 0. The molecule has 0 aliphatic heterocycles. The average molecular weight is 288 g/mol. The van der Waals surface area contributed by atoms with Crippen LogP contribution in [-0.4, -0.2) is 16.1 Å². The normalized spacial score (nSPS) is 10.5. The lowest BCUT2D eigenvalue weighted by Gasteiger charge is -2.00. The molecule has 0 aliphatic rings. The van der Waals surface area contributed by atoms with Gasteiger partial charge in [0.25, 0.3) is 0 Å². The van der Waals surface area contributed by atoms with E-state index in [-0.39, 0.29) is 5.69 Å². The number of aromatic carboxylic acids is 1. The summed E-state index contributed by atoms with van der Waals surface area (Å²) in [6.07, 6.45) is 0.526. The van der Waals surface area contributed by atoms with E-state index < -0.39 is 5.97 Å². The highest BCUT2D eigenvalue weighted by molar-refractivity contribution is 7.09. The minimum atomic E-state index is -1.02. The third-order valence-electron chi connectivity index (χ3n) is 2.05. The summed E-state index contributed by atoms with van der Waals surface area (Å²) in [6.45, 7) is 0. The number of carbonyl (C=O) groups is 1. The Morgan fingerprint density at radius 3 is 2.47 bits per heavy atom. The van der Waals surface area contributed by atoms with Gasteiger partial charge in [-0.1, -0.05) is 23.2 Å². The predicted octanol–water partition coefficient (Wildman–Crippen LogP) is 3.74. The van der Waals surface area contributed by atoms with Gasteiger partial charge in [0.05, 0.1) is 5.01 Å². The largest absolute Gasteiger partial charge is 0.476 e. The molecule has 3 nitrogen and oxygen atoms in total. The Bertz CT molecular complexity index is 548. The van der Waals surface area contributed by atoms with Crippen LogP contribution in [0.4, 0.5) is 0 Å². The number of carboxylic acid groups (broad SMARTS) is 1. The zero-order valence-electron chi connectivity index (χ0n) is 8.48. The fourth-order valence-electron chi connectivity index (χ4n) is 1.38. The quantitative estimate of drug-likeness (QED) is 0.936. The Morgan fingerprint density at radius 2 is 1.94 bits per heavy atom. The van der Waals surface area contributed by atoms with Gasteiger partial charge in [0.15, 0.2) is 5.69 Å². The lowest BCUT2D eigenvalue weighted by atomic mass is 10.2. The molecule has 0 saturated carbocycles. The molecule has 2 rings (SSSR count). The molecule has 0 unspecified atom stereocenters. The van der Waals surface area contributed by atoms with Gasteiger partial charge in [0.2, 0.25) is 0 Å². The van der Waals surface area contributed by atoms with Crippen LogP contribution in [0.15, 0.2) is 23.6 Å². The van der Waals surface area contributed by atoms with Gasteiger partial charge in [-0.05, 0) is 23.8 Å². The van der Waals surface area contributed by atoms with Crippen molar-refractivity contribution in [3.05, 3.63) is 49.9 Å². The second kappa shape index (κ2) is 5.04. The Balaban J connectivity index is 2.22. The SMILES string of the molecule is O=C(O)c1csc(Cc2cc(Cl)cc(Cl)c2)n1. The van der Waals surface area contributed by atoms with Crippen molar-refractivity contribution in [2.45, 2.75) is 6.42 Å². The van der Waals surface area contributed by atoms with E-state index in [2.05, 4.69) is 4.98 Å². The number of aromatic nitrogens is 1. The first-order valence-electron chi connectivity index (χ1n) is 4.67. The number of hydrogen-bond donors (Lipinski definition) is 1. The van der Waals surface area contributed by atoms with E-state index in [1.54, 1.807) is 18.2 Å². The number of hydrogen-bond acceptors (Lipinski definition) is 3. The van der Waals surface area contributed by atoms with E-state index in [0.717, 1.165) is 10.6 Å². The zero-order chi connectivity index (χ0) is 12.4. The van der Waals surface area contributed by atoms with Crippen molar-refractivity contribution in [2.24, 2.45) is 0 Å². The minimum Gasteiger partial charge on any atom is -0.476 e. The van der Waals surface area contributed by atoms with Crippen LogP contribution in [0.1, 0.15) is 21.1 Å². The third-order valence-corrected chi connectivity index (χ3v) is 3.33. The Hall–Kier alpha value is -1.10. The van der Waals surface area contributed by atoms with E-state index in [0.29, 0.717) is 16.5 Å². The van der Waals surface area contributed by atoms with E-state index >= 15 is 0 Å². The molecule has 0 atom stereocenters. The first-order valence-corrected chi connectivity index (χ1v) is 6.31. The molecule has 1 heterocycles. The van der Waals surface area contributed by atoms with Crippen LogP contribution in [0.2, 0.25) is 10.0 Å². The number of benzene rings is 1. The molecule has 0 spiro atoms. The zero-order valence-corrected chi connectivity index (χ0v) is 10.8. The van der Waals surface area contributed by atoms with Crippen molar-refractivity contribution in [1.29, 1.82) is 0 Å². The van der Waals surface area contributed by atoms with Crippen molar-refractivity contribution in [3.8, 4) is 0 Å². The van der Waals surface area contributed by atoms with Gasteiger partial charge in [-0.3, -0.25) is 0 Å². The predicted molar refractivity (Wildman–Crippen MR) is 68.3 cm³/mol. The van der Waals surface area contributed by atoms with Gasteiger partial charge in [0.1, 0.15) is 0 Å². The smallest absolute Gasteiger partial charge is 0.355 e. The molecular weight excluding hydrogens is 281 g/mol. The summed E-state index contributed by atoms with van der Waals surface area (Å²) in [5.74, 6) is -1.02. The molecule has 17 heavy (non-hydrogen) atoms. The minimum absolute atomic E-state index is 0.0677. The summed E-state index contributed by atoms with van der Waals surface area (Å²) in [5.41, 5.74) is 0.979. The highest BCUT2D eigenvalue weighted by Gasteiger charge is 2.09. The molecule has 1 aromatic carbocycles. The number of rotatable bonds is 3. The van der Waals surface area contributed by atoms with E-state index in [1.807, 2.05) is 0 Å². The van der Waals surface area contributed by atoms with Crippen LogP contribution in [0.3, 0.4) is 0 Å². The van der Waals surface area contributed by atoms with E-state index in [1.165, 1.54) is 16.7 Å². The van der Waals surface area contributed by atoms with Crippen LogP contribution in [0, 0.1) is 0 Å². The maximum absolute atomic E-state index is 10.7. The standard InChI is InChI=1S/C11H7Cl2NO2S/c12-7-1-6(2-8(13)4-7)3-10-14-9(5-17-10)11(15)16/h1-2,4-5H,3H2,(H,15,16). The molecule has 0 bridgehead atoms. The molecule has 1 aromatic heterocycles. The second-order valence-corrected chi connectivity index (χ2v) is 5.20. The van der Waals surface area contributed by atoms with Gasteiger partial charge >= 0.3 is 5.97 Å². The van der Waals surface area contributed by atoms with Crippen LogP contribution in [0.25, 0.3) is 0 Å². The molecule has 88 valence electrons.